The summed E-state index contributed by atoms with van der Waals surface area (Å²) < 4.78 is 1.72. The van der Waals surface area contributed by atoms with Gasteiger partial charge in [0.25, 0.3) is 0 Å². The Kier molecular flexibility index (Phi) is 3.97. The molecule has 0 bridgehead atoms. The Morgan fingerprint density at radius 1 is 0.720 bits per heavy atom. The van der Waals surface area contributed by atoms with Crippen LogP contribution in [0.2, 0.25) is 0 Å². The molecular weight excluding hydrogens is 308 g/mol. The van der Waals surface area contributed by atoms with Crippen LogP contribution in [0.15, 0.2) is 97.1 Å². The summed E-state index contributed by atoms with van der Waals surface area (Å²) in [5, 5.41) is 4.69. The summed E-state index contributed by atoms with van der Waals surface area (Å²) >= 11 is 0. The van der Waals surface area contributed by atoms with Crippen LogP contribution in [0.5, 0.6) is 0 Å². The van der Waals surface area contributed by atoms with Gasteiger partial charge >= 0.3 is 0 Å². The van der Waals surface area contributed by atoms with Gasteiger partial charge in [0, 0.05) is 11.1 Å². The molecule has 0 saturated carbocycles. The third kappa shape index (κ3) is 3.00. The van der Waals surface area contributed by atoms with Crippen LogP contribution >= 0.6 is 0 Å². The van der Waals surface area contributed by atoms with Crippen LogP contribution in [0.1, 0.15) is 16.1 Å². The van der Waals surface area contributed by atoms with Gasteiger partial charge in [-0.05, 0) is 18.2 Å². The average Bonchev–Trinajstić information content (AvgIpc) is 3.15. The molecule has 3 nitrogen and oxygen atoms in total. The molecule has 0 N–H and O–H groups in total. The molecule has 0 amide bonds. The van der Waals surface area contributed by atoms with Crippen molar-refractivity contribution in [3.05, 3.63) is 108 Å². The molecule has 0 atom stereocenters. The first-order chi connectivity index (χ1) is 12.3. The van der Waals surface area contributed by atoms with E-state index in [0.29, 0.717) is 11.3 Å². The summed E-state index contributed by atoms with van der Waals surface area (Å²) in [4.78, 5) is 13.0. The number of ketones is 1. The molecule has 0 saturated heterocycles. The molecule has 25 heavy (non-hydrogen) atoms. The van der Waals surface area contributed by atoms with Crippen molar-refractivity contribution in [1.29, 1.82) is 0 Å². The second-order valence-electron chi connectivity index (χ2n) is 5.72. The van der Waals surface area contributed by atoms with Gasteiger partial charge in [-0.2, -0.15) is 5.10 Å². The van der Waals surface area contributed by atoms with Crippen LogP contribution in [0.4, 0.5) is 0 Å². The minimum atomic E-state index is -0.0425. The summed E-state index contributed by atoms with van der Waals surface area (Å²) in [6, 6.07) is 30.8. The van der Waals surface area contributed by atoms with E-state index in [9.17, 15) is 4.79 Å². The number of aromatic nitrogens is 2. The van der Waals surface area contributed by atoms with Gasteiger partial charge < -0.3 is 0 Å². The Morgan fingerprint density at radius 2 is 1.28 bits per heavy atom. The van der Waals surface area contributed by atoms with E-state index < -0.39 is 0 Å². The molecule has 1 heterocycles. The number of para-hydroxylation sites is 1. The SMILES string of the molecule is O=C(c1ccccc1)c1cc(-c2ccccc2)nn1-c1ccccc1. The number of nitrogens with zero attached hydrogens (tertiary/aromatic N) is 2. The molecule has 120 valence electrons. The maximum Gasteiger partial charge on any atom is 0.211 e. The quantitative estimate of drug-likeness (QED) is 0.507. The first-order valence-corrected chi connectivity index (χ1v) is 8.13. The van der Waals surface area contributed by atoms with Gasteiger partial charge in [-0.25, -0.2) is 4.68 Å². The minimum Gasteiger partial charge on any atom is -0.287 e. The zero-order chi connectivity index (χ0) is 17.1. The van der Waals surface area contributed by atoms with Crippen LogP contribution in [0.3, 0.4) is 0 Å². The predicted octanol–water partition coefficient (Wildman–Crippen LogP) is 4.77. The lowest BCUT2D eigenvalue weighted by Crippen LogP contribution is -2.09. The van der Waals surface area contributed by atoms with Crippen molar-refractivity contribution in [3.8, 4) is 16.9 Å². The van der Waals surface area contributed by atoms with Gasteiger partial charge in [0.05, 0.1) is 11.4 Å². The summed E-state index contributed by atoms with van der Waals surface area (Å²) in [5.41, 5.74) is 3.84. The lowest BCUT2D eigenvalue weighted by molar-refractivity contribution is 0.103. The Morgan fingerprint density at radius 3 is 1.92 bits per heavy atom. The number of hydrogen-bond donors (Lipinski definition) is 0. The van der Waals surface area contributed by atoms with Crippen molar-refractivity contribution in [2.24, 2.45) is 0 Å². The van der Waals surface area contributed by atoms with Crippen molar-refractivity contribution < 1.29 is 4.79 Å². The van der Waals surface area contributed by atoms with E-state index in [1.54, 1.807) is 4.68 Å². The zero-order valence-corrected chi connectivity index (χ0v) is 13.5. The molecule has 4 rings (SSSR count). The maximum atomic E-state index is 13.0. The number of carbonyl (C=O) groups is 1. The summed E-state index contributed by atoms with van der Waals surface area (Å²) in [6.45, 7) is 0. The van der Waals surface area contributed by atoms with E-state index in [-0.39, 0.29) is 5.78 Å². The fourth-order valence-corrected chi connectivity index (χ4v) is 2.80. The van der Waals surface area contributed by atoms with Crippen molar-refractivity contribution in [3.63, 3.8) is 0 Å². The summed E-state index contributed by atoms with van der Waals surface area (Å²) in [5.74, 6) is -0.0425. The van der Waals surface area contributed by atoms with Crippen LogP contribution < -0.4 is 0 Å². The van der Waals surface area contributed by atoms with Gasteiger partial charge in [-0.15, -0.1) is 0 Å². The Balaban J connectivity index is 1.87. The van der Waals surface area contributed by atoms with Crippen molar-refractivity contribution in [2.45, 2.75) is 0 Å². The second-order valence-corrected chi connectivity index (χ2v) is 5.72. The molecule has 0 radical (unpaired) electrons. The molecule has 0 aliphatic heterocycles. The predicted molar refractivity (Wildman–Crippen MR) is 98.9 cm³/mol. The van der Waals surface area contributed by atoms with E-state index in [1.807, 2.05) is 97.1 Å². The van der Waals surface area contributed by atoms with E-state index >= 15 is 0 Å². The monoisotopic (exact) mass is 324 g/mol. The second kappa shape index (κ2) is 6.57. The molecule has 0 fully saturated rings. The summed E-state index contributed by atoms with van der Waals surface area (Å²) in [7, 11) is 0. The molecule has 0 unspecified atom stereocenters. The topological polar surface area (TPSA) is 34.9 Å². The smallest absolute Gasteiger partial charge is 0.211 e. The fraction of sp³-hybridized carbons (Fsp3) is 0. The Labute approximate surface area is 146 Å². The van der Waals surface area contributed by atoms with Gasteiger partial charge in [-0.3, -0.25) is 4.79 Å². The van der Waals surface area contributed by atoms with Crippen LogP contribution in [-0.2, 0) is 0 Å². The van der Waals surface area contributed by atoms with E-state index in [2.05, 4.69) is 0 Å². The highest BCUT2D eigenvalue weighted by atomic mass is 16.1. The van der Waals surface area contributed by atoms with Gasteiger partial charge in [0.1, 0.15) is 5.69 Å². The fourth-order valence-electron chi connectivity index (χ4n) is 2.80. The lowest BCUT2D eigenvalue weighted by Gasteiger charge is -2.06. The standard InChI is InChI=1S/C22H16N2O/c25-22(18-12-6-2-7-13-18)21-16-20(17-10-4-1-5-11-17)23-24(21)19-14-8-3-9-15-19/h1-16H. The Hall–Kier alpha value is -3.46. The van der Waals surface area contributed by atoms with Gasteiger partial charge in [0.15, 0.2) is 0 Å². The molecule has 3 heteroatoms. The van der Waals surface area contributed by atoms with Crippen molar-refractivity contribution in [1.82, 2.24) is 9.78 Å². The van der Waals surface area contributed by atoms with Crippen LogP contribution in [0, 0.1) is 0 Å². The van der Waals surface area contributed by atoms with Crippen LogP contribution in [-0.4, -0.2) is 15.6 Å². The molecule has 1 aromatic heterocycles. The molecule has 3 aromatic carbocycles. The largest absolute Gasteiger partial charge is 0.287 e. The minimum absolute atomic E-state index is 0.0425. The molecule has 0 aliphatic carbocycles. The molecule has 4 aromatic rings. The van der Waals surface area contributed by atoms with Crippen LogP contribution in [0.25, 0.3) is 16.9 Å². The highest BCUT2D eigenvalue weighted by Crippen LogP contribution is 2.23. The number of benzene rings is 3. The first kappa shape index (κ1) is 15.1. The highest BCUT2D eigenvalue weighted by molar-refractivity contribution is 6.08. The third-order valence-corrected chi connectivity index (χ3v) is 4.05. The number of rotatable bonds is 4. The molecular formula is C22H16N2O. The lowest BCUT2D eigenvalue weighted by atomic mass is 10.1. The molecule has 0 spiro atoms. The van der Waals surface area contributed by atoms with Gasteiger partial charge in [0.2, 0.25) is 5.78 Å². The third-order valence-electron chi connectivity index (χ3n) is 4.05. The van der Waals surface area contributed by atoms with E-state index in [1.165, 1.54) is 0 Å². The van der Waals surface area contributed by atoms with Gasteiger partial charge in [-0.1, -0.05) is 78.9 Å². The van der Waals surface area contributed by atoms with E-state index in [4.69, 9.17) is 5.10 Å². The Bertz CT molecular complexity index is 990. The maximum absolute atomic E-state index is 13.0. The summed E-state index contributed by atoms with van der Waals surface area (Å²) in [6.07, 6.45) is 0. The van der Waals surface area contributed by atoms with Crippen molar-refractivity contribution in [2.75, 3.05) is 0 Å². The van der Waals surface area contributed by atoms with E-state index in [0.717, 1.165) is 16.9 Å². The zero-order valence-electron chi connectivity index (χ0n) is 13.5. The highest BCUT2D eigenvalue weighted by Gasteiger charge is 2.18. The van der Waals surface area contributed by atoms with Crippen molar-refractivity contribution >= 4 is 5.78 Å². The number of hydrogen-bond acceptors (Lipinski definition) is 2. The number of carbonyl (C=O) groups excluding carboxylic acids is 1. The normalized spacial score (nSPS) is 10.6. The average molecular weight is 324 g/mol. The molecule has 0 aliphatic rings. The first-order valence-electron chi connectivity index (χ1n) is 8.13.